The summed E-state index contributed by atoms with van der Waals surface area (Å²) in [6.45, 7) is 9.20. The van der Waals surface area contributed by atoms with Crippen molar-refractivity contribution in [2.45, 2.75) is 12.8 Å². The van der Waals surface area contributed by atoms with Gasteiger partial charge in [0.2, 0.25) is 0 Å². The van der Waals surface area contributed by atoms with E-state index < -0.39 is 0 Å². The average molecular weight is 216 g/mol. The van der Waals surface area contributed by atoms with Crippen LogP contribution in [0.4, 0.5) is 0 Å². The van der Waals surface area contributed by atoms with Crippen LogP contribution in [-0.2, 0) is 4.79 Å². The molecule has 0 N–H and O–H groups in total. The van der Waals surface area contributed by atoms with Gasteiger partial charge in [0.15, 0.2) is 0 Å². The maximum Gasteiger partial charge on any atom is 0.146 e. The van der Waals surface area contributed by atoms with Gasteiger partial charge < -0.3 is 0 Å². The third kappa shape index (κ3) is 6.87. The van der Waals surface area contributed by atoms with E-state index in [9.17, 15) is 4.79 Å². The highest BCUT2D eigenvalue weighted by atomic mass is 35.5. The first kappa shape index (κ1) is 13.4. The quantitative estimate of drug-likeness (QED) is 0.434. The molecule has 0 aliphatic rings. The Morgan fingerprint density at radius 1 is 1.29 bits per heavy atom. The number of nitrogens with zero attached hydrogens (tertiary/aromatic N) is 1. The largest absolute Gasteiger partial charge is 0.298 e. The predicted molar refractivity (Wildman–Crippen MR) is 61.8 cm³/mol. The molecule has 0 aromatic carbocycles. The summed E-state index contributed by atoms with van der Waals surface area (Å²) in [4.78, 5) is 13.4. The van der Waals surface area contributed by atoms with Crippen LogP contribution in [0.5, 0.6) is 0 Å². The minimum atomic E-state index is 0.231. The van der Waals surface area contributed by atoms with Gasteiger partial charge in [-0.15, -0.1) is 24.8 Å². The van der Waals surface area contributed by atoms with Gasteiger partial charge in [0, 0.05) is 25.4 Å². The summed E-state index contributed by atoms with van der Waals surface area (Å²) in [5.41, 5.74) is 0. The van der Waals surface area contributed by atoms with Crippen molar-refractivity contribution in [3.8, 4) is 0 Å². The molecule has 2 nitrogen and oxygen atoms in total. The lowest BCUT2D eigenvalue weighted by Gasteiger charge is -2.17. The van der Waals surface area contributed by atoms with Crippen LogP contribution in [0, 0.1) is 0 Å². The lowest BCUT2D eigenvalue weighted by atomic mass is 10.2. The van der Waals surface area contributed by atoms with Gasteiger partial charge in [0.25, 0.3) is 0 Å². The van der Waals surface area contributed by atoms with Crippen LogP contribution in [0.3, 0.4) is 0 Å². The Balaban J connectivity index is 3.81. The summed E-state index contributed by atoms with van der Waals surface area (Å²) in [5, 5.41) is 0. The zero-order chi connectivity index (χ0) is 10.8. The van der Waals surface area contributed by atoms with Gasteiger partial charge in [-0.1, -0.05) is 12.2 Å². The average Bonchev–Trinajstić information content (AvgIpc) is 2.15. The Labute approximate surface area is 91.2 Å². The Morgan fingerprint density at radius 2 is 1.86 bits per heavy atom. The van der Waals surface area contributed by atoms with Crippen molar-refractivity contribution >= 4 is 17.4 Å². The van der Waals surface area contributed by atoms with E-state index >= 15 is 0 Å². The maximum atomic E-state index is 11.4. The Hall–Kier alpha value is -0.600. The Morgan fingerprint density at radius 3 is 2.29 bits per heavy atom. The summed E-state index contributed by atoms with van der Waals surface area (Å²) in [5.74, 6) is 0.781. The van der Waals surface area contributed by atoms with Crippen molar-refractivity contribution in [1.82, 2.24) is 4.90 Å². The van der Waals surface area contributed by atoms with E-state index in [4.69, 9.17) is 11.6 Å². The van der Waals surface area contributed by atoms with Crippen molar-refractivity contribution in [2.75, 3.05) is 25.5 Å². The van der Waals surface area contributed by atoms with E-state index in [2.05, 4.69) is 13.2 Å². The van der Waals surface area contributed by atoms with Crippen molar-refractivity contribution in [3.63, 3.8) is 0 Å². The van der Waals surface area contributed by atoms with Crippen LogP contribution in [0.1, 0.15) is 12.8 Å². The number of ketones is 1. The summed E-state index contributed by atoms with van der Waals surface area (Å²) in [6.07, 6.45) is 4.90. The molecule has 0 radical (unpaired) electrons. The number of alkyl halides is 1. The topological polar surface area (TPSA) is 20.3 Å². The van der Waals surface area contributed by atoms with Crippen molar-refractivity contribution in [3.05, 3.63) is 25.3 Å². The van der Waals surface area contributed by atoms with Gasteiger partial charge in [-0.2, -0.15) is 0 Å². The highest BCUT2D eigenvalue weighted by Crippen LogP contribution is 1.97. The molecule has 0 saturated carbocycles. The number of Topliss-reactive ketones (excluding diaryl/α,β-unsaturated/α-hetero) is 1. The number of hydrogen-bond acceptors (Lipinski definition) is 2. The van der Waals surface area contributed by atoms with Crippen LogP contribution < -0.4 is 0 Å². The van der Waals surface area contributed by atoms with Gasteiger partial charge in [-0.25, -0.2) is 0 Å². The molecule has 0 spiro atoms. The van der Waals surface area contributed by atoms with Crippen LogP contribution in [0.25, 0.3) is 0 Å². The molecule has 3 heteroatoms. The fourth-order valence-corrected chi connectivity index (χ4v) is 1.29. The van der Waals surface area contributed by atoms with Gasteiger partial charge in [0.05, 0.1) is 6.54 Å². The minimum absolute atomic E-state index is 0.231. The maximum absolute atomic E-state index is 11.4. The summed E-state index contributed by atoms with van der Waals surface area (Å²) >= 11 is 5.51. The molecular formula is C11H18ClNO. The number of carbonyl (C=O) groups excluding carboxylic acids is 1. The normalized spacial score (nSPS) is 10.1. The zero-order valence-electron chi connectivity index (χ0n) is 8.54. The van der Waals surface area contributed by atoms with Crippen molar-refractivity contribution in [2.24, 2.45) is 0 Å². The predicted octanol–water partition coefficient (Wildman–Crippen LogP) is 2.25. The molecule has 0 fully saturated rings. The lowest BCUT2D eigenvalue weighted by Crippen LogP contribution is -2.30. The third-order valence-corrected chi connectivity index (χ3v) is 2.03. The molecule has 0 aliphatic carbocycles. The van der Waals surface area contributed by atoms with Crippen LogP contribution >= 0.6 is 11.6 Å². The minimum Gasteiger partial charge on any atom is -0.298 e. The molecule has 0 bridgehead atoms. The van der Waals surface area contributed by atoms with E-state index in [0.29, 0.717) is 18.8 Å². The summed E-state index contributed by atoms with van der Waals surface area (Å²) in [6, 6.07) is 0. The first-order valence-corrected chi connectivity index (χ1v) is 5.29. The highest BCUT2D eigenvalue weighted by molar-refractivity contribution is 6.17. The molecule has 0 aliphatic heterocycles. The molecule has 0 saturated heterocycles. The van der Waals surface area contributed by atoms with Crippen LogP contribution in [0.15, 0.2) is 25.3 Å². The molecule has 14 heavy (non-hydrogen) atoms. The number of rotatable bonds is 9. The monoisotopic (exact) mass is 215 g/mol. The fourth-order valence-electron chi connectivity index (χ4n) is 1.16. The number of hydrogen-bond donors (Lipinski definition) is 0. The highest BCUT2D eigenvalue weighted by Gasteiger charge is 2.07. The molecule has 0 unspecified atom stereocenters. The molecule has 0 heterocycles. The van der Waals surface area contributed by atoms with E-state index in [-0.39, 0.29) is 5.78 Å². The lowest BCUT2D eigenvalue weighted by molar-refractivity contribution is -0.120. The van der Waals surface area contributed by atoms with Gasteiger partial charge >= 0.3 is 0 Å². The van der Waals surface area contributed by atoms with Gasteiger partial charge in [0.1, 0.15) is 5.78 Å². The Kier molecular flexibility index (Phi) is 8.59. The molecule has 0 atom stereocenters. The molecule has 0 aromatic rings. The SMILES string of the molecule is C=CCN(CC=C)CC(=O)CCCCl. The van der Waals surface area contributed by atoms with Gasteiger partial charge in [-0.3, -0.25) is 9.69 Å². The molecule has 0 aromatic heterocycles. The van der Waals surface area contributed by atoms with E-state index in [1.54, 1.807) is 12.2 Å². The third-order valence-electron chi connectivity index (χ3n) is 1.76. The van der Waals surface area contributed by atoms with Crippen LogP contribution in [-0.4, -0.2) is 36.2 Å². The van der Waals surface area contributed by atoms with E-state index in [1.807, 2.05) is 4.90 Å². The molecule has 0 rings (SSSR count). The van der Waals surface area contributed by atoms with E-state index in [0.717, 1.165) is 19.5 Å². The van der Waals surface area contributed by atoms with Crippen molar-refractivity contribution < 1.29 is 4.79 Å². The second-order valence-electron chi connectivity index (χ2n) is 3.10. The van der Waals surface area contributed by atoms with Crippen LogP contribution in [0.2, 0.25) is 0 Å². The first-order valence-electron chi connectivity index (χ1n) is 4.76. The molecule has 80 valence electrons. The first-order chi connectivity index (χ1) is 6.74. The molecule has 0 amide bonds. The number of halogens is 1. The van der Waals surface area contributed by atoms with Gasteiger partial charge in [-0.05, 0) is 6.42 Å². The standard InChI is InChI=1S/C11H18ClNO/c1-3-8-13(9-4-2)10-11(14)6-5-7-12/h3-4H,1-2,5-10H2. The smallest absolute Gasteiger partial charge is 0.146 e. The van der Waals surface area contributed by atoms with Crippen molar-refractivity contribution in [1.29, 1.82) is 0 Å². The summed E-state index contributed by atoms with van der Waals surface area (Å²) < 4.78 is 0. The fraction of sp³-hybridized carbons (Fsp3) is 0.545. The zero-order valence-corrected chi connectivity index (χ0v) is 9.30. The Bertz CT molecular complexity index is 182. The van der Waals surface area contributed by atoms with E-state index in [1.165, 1.54) is 0 Å². The summed E-state index contributed by atoms with van der Waals surface area (Å²) in [7, 11) is 0. The number of carbonyl (C=O) groups is 1. The second kappa shape index (κ2) is 8.97. The second-order valence-corrected chi connectivity index (χ2v) is 3.48. The molecular weight excluding hydrogens is 198 g/mol.